The van der Waals surface area contributed by atoms with E-state index in [2.05, 4.69) is 143 Å². The Bertz CT molecular complexity index is 1260. The van der Waals surface area contributed by atoms with Gasteiger partial charge in [0.25, 0.3) is 0 Å². The lowest BCUT2D eigenvalue weighted by Crippen LogP contribution is -2.37. The van der Waals surface area contributed by atoms with E-state index in [-0.39, 0.29) is 10.3 Å². The van der Waals surface area contributed by atoms with Crippen molar-refractivity contribution in [2.45, 2.75) is 50.8 Å². The minimum absolute atomic E-state index is 0.280. The summed E-state index contributed by atoms with van der Waals surface area (Å²) in [7, 11) is 6.68. The van der Waals surface area contributed by atoms with Gasteiger partial charge in [0.2, 0.25) is 0 Å². The highest BCUT2D eigenvalue weighted by molar-refractivity contribution is 7.20. The molecule has 0 spiro atoms. The Morgan fingerprint density at radius 2 is 0.639 bits per heavy atom. The summed E-state index contributed by atoms with van der Waals surface area (Å²) < 4.78 is 0. The normalized spacial score (nSPS) is 14.1. The summed E-state index contributed by atoms with van der Waals surface area (Å²) >= 11 is 0. The Morgan fingerprint density at radius 3 is 0.833 bits per heavy atom. The molecule has 0 radical (unpaired) electrons. The summed E-state index contributed by atoms with van der Waals surface area (Å²) in [4.78, 5) is 0. The minimum atomic E-state index is -0.280. The highest BCUT2D eigenvalue weighted by atomic mass is 31.0. The van der Waals surface area contributed by atoms with E-state index >= 15 is 0 Å². The van der Waals surface area contributed by atoms with Crippen molar-refractivity contribution >= 4 is 18.5 Å². The first kappa shape index (κ1) is 25.1. The Morgan fingerprint density at radius 1 is 0.417 bits per heavy atom. The zero-order valence-corrected chi connectivity index (χ0v) is 24.1. The quantitative estimate of drug-likeness (QED) is 0.181. The van der Waals surface area contributed by atoms with Crippen molar-refractivity contribution in [1.29, 1.82) is 0 Å². The van der Waals surface area contributed by atoms with Crippen LogP contribution >= 0.6 is 18.5 Å². The number of hydrogen-bond acceptors (Lipinski definition) is 0. The summed E-state index contributed by atoms with van der Waals surface area (Å²) in [5.74, 6) is 0. The Hall–Kier alpha value is -2.52. The fraction of sp³-hybridized carbons (Fsp3) is 0.235. The molecule has 4 aromatic rings. The van der Waals surface area contributed by atoms with Crippen LogP contribution in [-0.4, -0.2) is 0 Å². The first-order chi connectivity index (χ1) is 17.3. The SMILES string of the molecule is Cc1ccccc1C(P)(C1=C(C(P)(c2ccccc2C)c2ccccc2C)CC1)c1ccccc1C. The summed E-state index contributed by atoms with van der Waals surface area (Å²) in [6, 6.07) is 35.7. The van der Waals surface area contributed by atoms with Gasteiger partial charge in [-0.15, -0.1) is 18.5 Å². The molecule has 0 amide bonds. The van der Waals surface area contributed by atoms with Crippen LogP contribution in [0.15, 0.2) is 108 Å². The molecule has 0 saturated heterocycles. The van der Waals surface area contributed by atoms with E-state index < -0.39 is 0 Å². The first-order valence-electron chi connectivity index (χ1n) is 12.8. The Labute approximate surface area is 221 Å². The number of rotatable bonds is 6. The topological polar surface area (TPSA) is 0 Å². The lowest BCUT2D eigenvalue weighted by molar-refractivity contribution is 0.614. The van der Waals surface area contributed by atoms with E-state index in [0.717, 1.165) is 12.8 Å². The maximum absolute atomic E-state index is 3.34. The molecule has 0 bridgehead atoms. The van der Waals surface area contributed by atoms with Gasteiger partial charge in [-0.25, -0.2) is 0 Å². The van der Waals surface area contributed by atoms with Crippen molar-refractivity contribution in [2.24, 2.45) is 0 Å². The van der Waals surface area contributed by atoms with Gasteiger partial charge in [0, 0.05) is 0 Å². The molecule has 1 aliphatic carbocycles. The average molecular weight is 507 g/mol. The van der Waals surface area contributed by atoms with Crippen molar-refractivity contribution in [3.63, 3.8) is 0 Å². The minimum Gasteiger partial charge on any atom is -0.117 e. The van der Waals surface area contributed by atoms with E-state index in [1.54, 1.807) is 0 Å². The summed E-state index contributed by atoms with van der Waals surface area (Å²) in [6.07, 6.45) is 2.19. The maximum Gasteiger partial charge on any atom is 0.0560 e. The van der Waals surface area contributed by atoms with Crippen molar-refractivity contribution in [3.8, 4) is 0 Å². The third-order valence-electron chi connectivity index (χ3n) is 8.22. The van der Waals surface area contributed by atoms with Gasteiger partial charge in [-0.3, -0.25) is 0 Å². The van der Waals surface area contributed by atoms with E-state index in [1.165, 1.54) is 55.7 Å². The van der Waals surface area contributed by atoms with Gasteiger partial charge in [0.05, 0.1) is 10.3 Å². The monoisotopic (exact) mass is 506 g/mol. The van der Waals surface area contributed by atoms with Gasteiger partial charge in [0.15, 0.2) is 0 Å². The second-order valence-corrected chi connectivity index (χ2v) is 12.1. The maximum atomic E-state index is 3.34. The molecule has 5 rings (SSSR count). The van der Waals surface area contributed by atoms with Crippen molar-refractivity contribution in [2.75, 3.05) is 0 Å². The van der Waals surface area contributed by atoms with Crippen LogP contribution in [0, 0.1) is 27.7 Å². The van der Waals surface area contributed by atoms with Crippen LogP contribution < -0.4 is 0 Å². The number of aryl methyl sites for hydroxylation is 4. The zero-order valence-electron chi connectivity index (χ0n) is 21.8. The second-order valence-electron chi connectivity index (χ2n) is 10.3. The predicted octanol–water partition coefficient (Wildman–Crippen LogP) is 8.95. The van der Waals surface area contributed by atoms with Gasteiger partial charge in [-0.05, 0) is 85.0 Å². The van der Waals surface area contributed by atoms with Crippen molar-refractivity contribution < 1.29 is 0 Å². The lowest BCUT2D eigenvalue weighted by Gasteiger charge is -2.48. The van der Waals surface area contributed by atoms with E-state index in [4.69, 9.17) is 0 Å². The average Bonchev–Trinajstić information content (AvgIpc) is 2.84. The highest BCUT2D eigenvalue weighted by Gasteiger charge is 2.47. The van der Waals surface area contributed by atoms with Gasteiger partial charge in [-0.1, -0.05) is 108 Å². The highest BCUT2D eigenvalue weighted by Crippen LogP contribution is 2.61. The van der Waals surface area contributed by atoms with Crippen LogP contribution in [0.5, 0.6) is 0 Å². The van der Waals surface area contributed by atoms with Crippen LogP contribution in [0.1, 0.15) is 57.3 Å². The molecular formula is C34H36P2. The molecule has 182 valence electrons. The molecule has 4 aromatic carbocycles. The van der Waals surface area contributed by atoms with Crippen LogP contribution in [0.3, 0.4) is 0 Å². The van der Waals surface area contributed by atoms with Crippen molar-refractivity contribution in [3.05, 3.63) is 153 Å². The first-order valence-corrected chi connectivity index (χ1v) is 14.0. The molecule has 0 N–H and O–H groups in total. The molecule has 2 heteroatoms. The van der Waals surface area contributed by atoms with Gasteiger partial charge in [0.1, 0.15) is 0 Å². The number of hydrogen-bond donors (Lipinski definition) is 0. The third-order valence-corrected chi connectivity index (χ3v) is 10.2. The number of benzene rings is 4. The van der Waals surface area contributed by atoms with Crippen LogP contribution in [0.25, 0.3) is 0 Å². The fourth-order valence-electron chi connectivity index (χ4n) is 6.25. The summed E-state index contributed by atoms with van der Waals surface area (Å²) in [5, 5.41) is -0.561. The largest absolute Gasteiger partial charge is 0.117 e. The van der Waals surface area contributed by atoms with Gasteiger partial charge < -0.3 is 0 Å². The van der Waals surface area contributed by atoms with Crippen LogP contribution in [0.2, 0.25) is 0 Å². The van der Waals surface area contributed by atoms with E-state index in [1.807, 2.05) is 0 Å². The molecule has 2 unspecified atom stereocenters. The summed E-state index contributed by atoms with van der Waals surface area (Å²) in [5.41, 5.74) is 13.9. The molecular weight excluding hydrogens is 470 g/mol. The third kappa shape index (κ3) is 3.91. The smallest absolute Gasteiger partial charge is 0.0560 e. The molecule has 0 heterocycles. The van der Waals surface area contributed by atoms with Gasteiger partial charge >= 0.3 is 0 Å². The molecule has 0 nitrogen and oxygen atoms in total. The molecule has 36 heavy (non-hydrogen) atoms. The fourth-order valence-corrected chi connectivity index (χ4v) is 8.18. The second kappa shape index (κ2) is 9.74. The predicted molar refractivity (Wildman–Crippen MR) is 162 cm³/mol. The van der Waals surface area contributed by atoms with Crippen LogP contribution in [0.4, 0.5) is 0 Å². The Balaban J connectivity index is 1.87. The molecule has 2 atom stereocenters. The molecule has 0 aromatic heterocycles. The van der Waals surface area contributed by atoms with Crippen LogP contribution in [-0.2, 0) is 10.3 Å². The lowest BCUT2D eigenvalue weighted by atomic mass is 9.65. The van der Waals surface area contributed by atoms with Gasteiger partial charge in [-0.2, -0.15) is 0 Å². The van der Waals surface area contributed by atoms with Crippen molar-refractivity contribution in [1.82, 2.24) is 0 Å². The standard InChI is InChI=1S/C34H36P2/c1-23-13-5-9-17-27(23)33(35,28-18-10-6-14-24(28)2)31-21-22-32(31)34(36,29-19-11-7-15-25(29)3)30-20-12-8-16-26(30)4/h5-20H,21-22,35-36H2,1-4H3. The number of allylic oxidation sites excluding steroid dienone is 2. The molecule has 1 aliphatic rings. The molecule has 0 fully saturated rings. The zero-order chi connectivity index (χ0) is 25.5. The molecule has 0 aliphatic heterocycles. The van der Waals surface area contributed by atoms with E-state index in [9.17, 15) is 0 Å². The van der Waals surface area contributed by atoms with E-state index in [0.29, 0.717) is 0 Å². The Kier molecular flexibility index (Phi) is 6.80. The summed E-state index contributed by atoms with van der Waals surface area (Å²) in [6.45, 7) is 9.01. The molecule has 0 saturated carbocycles.